The summed E-state index contributed by atoms with van der Waals surface area (Å²) in [7, 11) is 0. The number of halogens is 1. The zero-order valence-corrected chi connectivity index (χ0v) is 14.9. The zero-order valence-electron chi connectivity index (χ0n) is 14.1. The summed E-state index contributed by atoms with van der Waals surface area (Å²) >= 11 is 6.15. The van der Waals surface area contributed by atoms with Crippen LogP contribution in [0.3, 0.4) is 0 Å². The second-order valence-corrected chi connectivity index (χ2v) is 7.18. The molecule has 1 aromatic carbocycles. The standard InChI is InChI=1S/C18H24ClN3O2/c1-13-15(19)8-5-9-16(13)22-12-21(11-18(22)24)17(23)10-20-14-6-3-2-4-7-14/h5,8-9,14,20H,2-4,6-7,10-12H2,1H3/p+1. The molecule has 0 atom stereocenters. The van der Waals surface area contributed by atoms with Gasteiger partial charge < -0.3 is 10.2 Å². The van der Waals surface area contributed by atoms with Gasteiger partial charge in [-0.2, -0.15) is 0 Å². The van der Waals surface area contributed by atoms with E-state index in [1.807, 2.05) is 25.1 Å². The van der Waals surface area contributed by atoms with Crippen molar-refractivity contribution in [3.8, 4) is 0 Å². The molecule has 1 saturated heterocycles. The maximum atomic E-state index is 12.5. The number of rotatable bonds is 4. The molecule has 5 nitrogen and oxygen atoms in total. The molecular weight excluding hydrogens is 326 g/mol. The molecular formula is C18H25ClN3O2+. The van der Waals surface area contributed by atoms with Gasteiger partial charge in [0.1, 0.15) is 13.2 Å². The Kier molecular flexibility index (Phi) is 5.41. The van der Waals surface area contributed by atoms with Gasteiger partial charge in [-0.05, 0) is 50.3 Å². The first-order valence-electron chi connectivity index (χ1n) is 8.73. The van der Waals surface area contributed by atoms with Crippen LogP contribution >= 0.6 is 11.6 Å². The number of amides is 2. The highest BCUT2D eigenvalue weighted by molar-refractivity contribution is 6.31. The van der Waals surface area contributed by atoms with E-state index in [0.717, 1.165) is 11.3 Å². The van der Waals surface area contributed by atoms with Crippen LogP contribution in [0.15, 0.2) is 18.2 Å². The maximum Gasteiger partial charge on any atom is 0.279 e. The summed E-state index contributed by atoms with van der Waals surface area (Å²) in [6.07, 6.45) is 6.23. The van der Waals surface area contributed by atoms with Crippen molar-refractivity contribution in [2.24, 2.45) is 0 Å². The summed E-state index contributed by atoms with van der Waals surface area (Å²) in [6.45, 7) is 2.80. The fraction of sp³-hybridized carbons (Fsp3) is 0.556. The predicted octanol–water partition coefficient (Wildman–Crippen LogP) is 1.68. The Balaban J connectivity index is 1.59. The van der Waals surface area contributed by atoms with E-state index in [0.29, 0.717) is 24.3 Å². The molecule has 0 radical (unpaired) electrons. The molecule has 2 aliphatic rings. The van der Waals surface area contributed by atoms with Crippen LogP contribution in [0.2, 0.25) is 5.02 Å². The van der Waals surface area contributed by atoms with Crippen molar-refractivity contribution in [3.63, 3.8) is 0 Å². The van der Waals surface area contributed by atoms with Crippen LogP contribution in [-0.4, -0.2) is 42.5 Å². The second-order valence-electron chi connectivity index (χ2n) is 6.78. The number of nitrogens with zero attached hydrogens (tertiary/aromatic N) is 2. The third kappa shape index (κ3) is 3.73. The van der Waals surface area contributed by atoms with Gasteiger partial charge in [-0.3, -0.25) is 14.5 Å². The largest absolute Gasteiger partial charge is 0.336 e. The van der Waals surface area contributed by atoms with Gasteiger partial charge in [-0.15, -0.1) is 0 Å². The van der Waals surface area contributed by atoms with E-state index >= 15 is 0 Å². The fourth-order valence-corrected chi connectivity index (χ4v) is 3.75. The molecule has 0 spiro atoms. The summed E-state index contributed by atoms with van der Waals surface area (Å²) in [5, 5.41) is 2.79. The van der Waals surface area contributed by atoms with Crippen molar-refractivity contribution < 1.29 is 14.9 Å². The van der Waals surface area contributed by atoms with E-state index in [1.54, 1.807) is 9.80 Å². The third-order valence-electron chi connectivity index (χ3n) is 5.10. The molecule has 0 aromatic heterocycles. The Hall–Kier alpha value is -1.59. The highest BCUT2D eigenvalue weighted by Gasteiger charge is 2.33. The monoisotopic (exact) mass is 350 g/mol. The first-order chi connectivity index (χ1) is 11.6. The third-order valence-corrected chi connectivity index (χ3v) is 5.51. The van der Waals surface area contributed by atoms with Gasteiger partial charge in [0.05, 0.1) is 6.04 Å². The molecule has 1 heterocycles. The summed E-state index contributed by atoms with van der Waals surface area (Å²) < 4.78 is 0. The number of anilines is 1. The molecule has 1 aliphatic carbocycles. The molecule has 0 bridgehead atoms. The minimum atomic E-state index is -0.0496. The lowest BCUT2D eigenvalue weighted by Gasteiger charge is -2.22. The molecule has 130 valence electrons. The molecule has 24 heavy (non-hydrogen) atoms. The number of carbonyl (C=O) groups excluding carboxylic acids is 2. The number of nitrogens with two attached hydrogens (primary N) is 1. The van der Waals surface area contributed by atoms with Gasteiger partial charge >= 0.3 is 0 Å². The Labute approximate surface area is 147 Å². The van der Waals surface area contributed by atoms with Crippen molar-refractivity contribution in [2.45, 2.75) is 45.1 Å². The van der Waals surface area contributed by atoms with Gasteiger partial charge in [0.25, 0.3) is 5.91 Å². The summed E-state index contributed by atoms with van der Waals surface area (Å²) in [4.78, 5) is 28.1. The van der Waals surface area contributed by atoms with Crippen molar-refractivity contribution in [2.75, 3.05) is 24.7 Å². The number of benzene rings is 1. The minimum absolute atomic E-state index is 0.0381. The average Bonchev–Trinajstić information content (AvgIpc) is 2.98. The Morgan fingerprint density at radius 1 is 1.29 bits per heavy atom. The van der Waals surface area contributed by atoms with Gasteiger partial charge in [-0.1, -0.05) is 24.1 Å². The Bertz CT molecular complexity index is 629. The Morgan fingerprint density at radius 2 is 2.04 bits per heavy atom. The number of hydrogen-bond donors (Lipinski definition) is 1. The summed E-state index contributed by atoms with van der Waals surface area (Å²) in [5.41, 5.74) is 1.66. The van der Waals surface area contributed by atoms with Crippen LogP contribution in [0.1, 0.15) is 37.7 Å². The van der Waals surface area contributed by atoms with E-state index in [9.17, 15) is 9.59 Å². The SMILES string of the molecule is Cc1c(Cl)cccc1N1CN(C(=O)C[NH2+]C2CCCCC2)CC1=O. The van der Waals surface area contributed by atoms with E-state index in [-0.39, 0.29) is 18.4 Å². The first-order valence-corrected chi connectivity index (χ1v) is 9.10. The smallest absolute Gasteiger partial charge is 0.279 e. The lowest BCUT2D eigenvalue weighted by atomic mass is 9.95. The Morgan fingerprint density at radius 3 is 2.79 bits per heavy atom. The molecule has 1 aromatic rings. The molecule has 3 rings (SSSR count). The molecule has 6 heteroatoms. The lowest BCUT2D eigenvalue weighted by molar-refractivity contribution is -0.682. The zero-order chi connectivity index (χ0) is 17.1. The molecule has 1 aliphatic heterocycles. The lowest BCUT2D eigenvalue weighted by Crippen LogP contribution is -2.92. The number of hydrogen-bond acceptors (Lipinski definition) is 2. The minimum Gasteiger partial charge on any atom is -0.336 e. The van der Waals surface area contributed by atoms with Crippen LogP contribution in [-0.2, 0) is 9.59 Å². The predicted molar refractivity (Wildman–Crippen MR) is 93.9 cm³/mol. The van der Waals surface area contributed by atoms with Gasteiger partial charge in [0, 0.05) is 10.7 Å². The second kappa shape index (κ2) is 7.53. The topological polar surface area (TPSA) is 57.2 Å². The summed E-state index contributed by atoms with van der Waals surface area (Å²) in [5.74, 6) is -0.0116. The normalized spacial score (nSPS) is 19.2. The van der Waals surface area contributed by atoms with Crippen LogP contribution in [0, 0.1) is 6.92 Å². The highest BCUT2D eigenvalue weighted by atomic mass is 35.5. The van der Waals surface area contributed by atoms with Crippen LogP contribution in [0.5, 0.6) is 0 Å². The van der Waals surface area contributed by atoms with Gasteiger partial charge in [0.15, 0.2) is 6.54 Å². The van der Waals surface area contributed by atoms with Gasteiger partial charge in [0.2, 0.25) is 5.91 Å². The molecule has 1 saturated carbocycles. The number of carbonyl (C=O) groups is 2. The molecule has 2 fully saturated rings. The van der Waals surface area contributed by atoms with Crippen molar-refractivity contribution in [1.82, 2.24) is 4.90 Å². The first kappa shape index (κ1) is 17.2. The fourth-order valence-electron chi connectivity index (χ4n) is 3.58. The van der Waals surface area contributed by atoms with Crippen LogP contribution in [0.4, 0.5) is 5.69 Å². The summed E-state index contributed by atoms with van der Waals surface area (Å²) in [6, 6.07) is 6.08. The molecule has 2 amide bonds. The highest BCUT2D eigenvalue weighted by Crippen LogP contribution is 2.28. The maximum absolute atomic E-state index is 12.5. The van der Waals surface area contributed by atoms with Gasteiger partial charge in [-0.25, -0.2) is 0 Å². The van der Waals surface area contributed by atoms with E-state index in [1.165, 1.54) is 32.1 Å². The number of quaternary nitrogens is 1. The van der Waals surface area contributed by atoms with Crippen molar-refractivity contribution >= 4 is 29.1 Å². The van der Waals surface area contributed by atoms with E-state index in [4.69, 9.17) is 11.6 Å². The quantitative estimate of drug-likeness (QED) is 0.898. The van der Waals surface area contributed by atoms with Crippen LogP contribution in [0.25, 0.3) is 0 Å². The van der Waals surface area contributed by atoms with E-state index < -0.39 is 0 Å². The molecule has 0 unspecified atom stereocenters. The van der Waals surface area contributed by atoms with Crippen molar-refractivity contribution in [3.05, 3.63) is 28.8 Å². The van der Waals surface area contributed by atoms with E-state index in [2.05, 4.69) is 5.32 Å². The molecule has 2 N–H and O–H groups in total. The average molecular weight is 351 g/mol. The van der Waals surface area contributed by atoms with Crippen molar-refractivity contribution in [1.29, 1.82) is 0 Å². The van der Waals surface area contributed by atoms with Crippen LogP contribution < -0.4 is 10.2 Å².